The molecule has 0 spiro atoms. The van der Waals surface area contributed by atoms with Gasteiger partial charge < -0.3 is 34.5 Å². The number of aliphatic hydroxyl groups is 1. The number of methoxy groups -OCH3 is 1. The highest BCUT2D eigenvalue weighted by Crippen LogP contribution is 2.39. The Hall–Kier alpha value is -4.16. The number of nitrogens with one attached hydrogen (secondary N) is 2. The number of nitrogens with zero attached hydrogens (tertiary/aromatic N) is 2. The monoisotopic (exact) mass is 616 g/mol. The number of anilines is 1. The molecule has 4 aromatic rings. The fourth-order valence-corrected chi connectivity index (χ4v) is 5.87. The van der Waals surface area contributed by atoms with Crippen molar-refractivity contribution < 1.29 is 28.9 Å². The Balaban J connectivity index is 1.25. The minimum atomic E-state index is -0.838. The van der Waals surface area contributed by atoms with Crippen molar-refractivity contribution in [3.05, 3.63) is 114 Å². The Kier molecular flexibility index (Phi) is 10.7. The van der Waals surface area contributed by atoms with E-state index in [1.54, 1.807) is 30.1 Å². The minimum Gasteiger partial charge on any atom is -0.467 e. The molecule has 1 aliphatic rings. The number of thioether (sulfide) groups is 1. The Morgan fingerprint density at radius 3 is 2.41 bits per heavy atom. The van der Waals surface area contributed by atoms with E-state index in [4.69, 9.17) is 14.2 Å². The number of aryl methyl sites for hydroxylation is 1. The van der Waals surface area contributed by atoms with Crippen LogP contribution in [0.25, 0.3) is 0 Å². The summed E-state index contributed by atoms with van der Waals surface area (Å²) in [5.74, 6) is 0.169. The molecule has 4 atom stereocenters. The molecule has 0 bridgehead atoms. The van der Waals surface area contributed by atoms with Crippen molar-refractivity contribution in [2.75, 3.05) is 18.2 Å². The van der Waals surface area contributed by atoms with Crippen molar-refractivity contribution in [3.63, 3.8) is 0 Å². The maximum absolute atomic E-state index is 12.8. The van der Waals surface area contributed by atoms with Crippen LogP contribution in [0.1, 0.15) is 41.1 Å². The lowest BCUT2D eigenvalue weighted by molar-refractivity contribution is -0.245. The van der Waals surface area contributed by atoms with Crippen molar-refractivity contribution >= 4 is 29.4 Å². The quantitative estimate of drug-likeness (QED) is 0.156. The number of ether oxygens (including phenoxy) is 3. The lowest BCUT2D eigenvalue weighted by Gasteiger charge is -2.36. The first-order chi connectivity index (χ1) is 21.4. The van der Waals surface area contributed by atoms with E-state index in [0.29, 0.717) is 24.3 Å². The number of benzene rings is 3. The Morgan fingerprint density at radius 1 is 1.02 bits per heavy atom. The first-order valence-corrected chi connectivity index (χ1v) is 15.3. The predicted molar refractivity (Wildman–Crippen MR) is 167 cm³/mol. The van der Waals surface area contributed by atoms with Crippen LogP contribution in [0.3, 0.4) is 0 Å². The van der Waals surface area contributed by atoms with Crippen LogP contribution in [0.4, 0.5) is 10.5 Å². The lowest BCUT2D eigenvalue weighted by atomic mass is 10.0. The van der Waals surface area contributed by atoms with Gasteiger partial charge in [-0.15, -0.1) is 0 Å². The van der Waals surface area contributed by atoms with Crippen molar-refractivity contribution in [1.29, 1.82) is 0 Å². The number of amides is 2. The SMILES string of the molecule is COC(=O)[C@H](Cc1ccccc1)NC(=O)Nc1ccc([C@H]2O[C@@H](CSc3nccn3C)C[C@@H](c3ccc(CO)cc3)O2)cc1. The summed E-state index contributed by atoms with van der Waals surface area (Å²) in [7, 11) is 3.26. The molecule has 2 heterocycles. The number of aromatic nitrogens is 2. The summed E-state index contributed by atoms with van der Waals surface area (Å²) in [6.45, 7) is -0.0186. The van der Waals surface area contributed by atoms with Crippen LogP contribution in [0.2, 0.25) is 0 Å². The third-order valence-corrected chi connectivity index (χ3v) is 8.49. The molecular weight excluding hydrogens is 580 g/mol. The largest absolute Gasteiger partial charge is 0.467 e. The van der Waals surface area contributed by atoms with Crippen molar-refractivity contribution in [3.8, 4) is 0 Å². The number of hydrogen-bond acceptors (Lipinski definition) is 8. The molecule has 3 N–H and O–H groups in total. The van der Waals surface area contributed by atoms with Crippen LogP contribution in [0, 0.1) is 0 Å². The molecule has 0 unspecified atom stereocenters. The molecule has 1 aromatic heterocycles. The number of urea groups is 1. The zero-order valence-electron chi connectivity index (χ0n) is 24.6. The van der Waals surface area contributed by atoms with Crippen LogP contribution >= 0.6 is 11.8 Å². The second-order valence-corrected chi connectivity index (χ2v) is 11.5. The van der Waals surface area contributed by atoms with Gasteiger partial charge in [0.2, 0.25) is 0 Å². The second kappa shape index (κ2) is 15.0. The summed E-state index contributed by atoms with van der Waals surface area (Å²) in [5, 5.41) is 15.9. The molecule has 0 aliphatic carbocycles. The predicted octanol–water partition coefficient (Wildman–Crippen LogP) is 5.16. The average Bonchev–Trinajstić information content (AvgIpc) is 3.48. The van der Waals surface area contributed by atoms with Crippen LogP contribution in [-0.4, -0.2) is 51.7 Å². The number of hydrogen-bond donors (Lipinski definition) is 3. The molecule has 1 saturated heterocycles. The van der Waals surface area contributed by atoms with Gasteiger partial charge in [-0.05, 0) is 28.8 Å². The number of carbonyl (C=O) groups excluding carboxylic acids is 2. The van der Waals surface area contributed by atoms with Crippen LogP contribution in [-0.2, 0) is 39.1 Å². The lowest BCUT2D eigenvalue weighted by Crippen LogP contribution is -2.45. The van der Waals surface area contributed by atoms with Gasteiger partial charge in [-0.25, -0.2) is 14.6 Å². The number of imidazole rings is 1. The van der Waals surface area contributed by atoms with Gasteiger partial charge in [0, 0.05) is 49.3 Å². The maximum atomic E-state index is 12.8. The molecule has 1 aliphatic heterocycles. The first kappa shape index (κ1) is 31.3. The van der Waals surface area contributed by atoms with Crippen molar-refractivity contribution in [2.24, 2.45) is 7.05 Å². The van der Waals surface area contributed by atoms with Crippen molar-refractivity contribution in [1.82, 2.24) is 14.9 Å². The molecule has 2 amide bonds. The summed E-state index contributed by atoms with van der Waals surface area (Å²) < 4.78 is 19.7. The second-order valence-electron chi connectivity index (χ2n) is 10.5. The first-order valence-electron chi connectivity index (χ1n) is 14.3. The topological polar surface area (TPSA) is 124 Å². The number of carbonyl (C=O) groups is 2. The fourth-order valence-electron chi connectivity index (χ4n) is 4.92. The molecule has 5 rings (SSSR count). The van der Waals surface area contributed by atoms with Gasteiger partial charge in [-0.3, -0.25) is 0 Å². The Bertz CT molecular complexity index is 1510. The van der Waals surface area contributed by atoms with Gasteiger partial charge in [0.15, 0.2) is 11.4 Å². The van der Waals surface area contributed by atoms with E-state index in [1.165, 1.54) is 7.11 Å². The summed E-state index contributed by atoms with van der Waals surface area (Å²) in [6.07, 6.45) is 3.71. The number of esters is 1. The summed E-state index contributed by atoms with van der Waals surface area (Å²) in [6, 6.07) is 23.1. The molecule has 11 heteroatoms. The smallest absolute Gasteiger partial charge is 0.328 e. The third kappa shape index (κ3) is 8.26. The molecular formula is C33H36N4O6S. The van der Waals surface area contributed by atoms with Gasteiger partial charge in [-0.1, -0.05) is 78.5 Å². The van der Waals surface area contributed by atoms with E-state index in [-0.39, 0.29) is 18.8 Å². The highest BCUT2D eigenvalue weighted by atomic mass is 32.2. The molecule has 1 fully saturated rings. The van der Waals surface area contributed by atoms with Crippen LogP contribution in [0.15, 0.2) is 96.4 Å². The van der Waals surface area contributed by atoms with E-state index in [1.807, 2.05) is 84.5 Å². The maximum Gasteiger partial charge on any atom is 0.328 e. The standard InChI is InChI=1S/C33H36N4O6S/c1-37-17-16-34-33(37)44-21-27-19-29(24-10-8-23(20-38)9-11-24)43-31(42-27)25-12-14-26(15-13-25)35-32(40)36-28(30(39)41-2)18-22-6-4-3-5-7-22/h3-17,27-29,31,38H,18-21H2,1-2H3,(H2,35,36,40)/t27-,28+,29+,31+/m1/s1. The van der Waals surface area contributed by atoms with E-state index in [9.17, 15) is 14.7 Å². The molecule has 230 valence electrons. The molecule has 0 saturated carbocycles. The fraction of sp³-hybridized carbons (Fsp3) is 0.303. The summed E-state index contributed by atoms with van der Waals surface area (Å²) in [5.41, 5.74) is 4.09. The normalized spacial score (nSPS) is 18.8. The van der Waals surface area contributed by atoms with Gasteiger partial charge in [0.05, 0.1) is 25.9 Å². The number of aliphatic hydroxyl groups excluding tert-OH is 1. The van der Waals surface area contributed by atoms with Gasteiger partial charge in [-0.2, -0.15) is 0 Å². The zero-order valence-corrected chi connectivity index (χ0v) is 25.4. The van der Waals surface area contributed by atoms with Crippen molar-refractivity contribution in [2.45, 2.75) is 49.1 Å². The number of rotatable bonds is 11. The molecule has 0 radical (unpaired) electrons. The van der Waals surface area contributed by atoms with Gasteiger partial charge in [0.1, 0.15) is 6.04 Å². The van der Waals surface area contributed by atoms with E-state index in [2.05, 4.69) is 15.6 Å². The Labute approximate surface area is 260 Å². The zero-order chi connectivity index (χ0) is 30.9. The van der Waals surface area contributed by atoms with E-state index in [0.717, 1.165) is 27.4 Å². The Morgan fingerprint density at radius 2 is 1.75 bits per heavy atom. The average molecular weight is 617 g/mol. The molecule has 44 heavy (non-hydrogen) atoms. The minimum absolute atomic E-state index is 0.0186. The molecule has 10 nitrogen and oxygen atoms in total. The third-order valence-electron chi connectivity index (χ3n) is 7.30. The van der Waals surface area contributed by atoms with Gasteiger partial charge in [0.25, 0.3) is 0 Å². The highest BCUT2D eigenvalue weighted by Gasteiger charge is 2.32. The summed E-state index contributed by atoms with van der Waals surface area (Å²) in [4.78, 5) is 29.5. The highest BCUT2D eigenvalue weighted by molar-refractivity contribution is 7.99. The van der Waals surface area contributed by atoms with Crippen LogP contribution in [0.5, 0.6) is 0 Å². The summed E-state index contributed by atoms with van der Waals surface area (Å²) >= 11 is 1.63. The van der Waals surface area contributed by atoms with E-state index < -0.39 is 24.3 Å². The van der Waals surface area contributed by atoms with E-state index >= 15 is 0 Å². The molecule has 3 aromatic carbocycles. The van der Waals surface area contributed by atoms with Gasteiger partial charge >= 0.3 is 12.0 Å². The van der Waals surface area contributed by atoms with Crippen LogP contribution < -0.4 is 10.6 Å².